The molecular formula is C11H12ClF3O2. The Morgan fingerprint density at radius 1 is 1.29 bits per heavy atom. The summed E-state index contributed by atoms with van der Waals surface area (Å²) >= 11 is 0. The third-order valence-corrected chi connectivity index (χ3v) is 2.35. The van der Waals surface area contributed by atoms with Gasteiger partial charge in [-0.2, -0.15) is 13.2 Å². The molecule has 1 N–H and O–H groups in total. The number of carboxylic acid groups (broad SMARTS) is 1. The molecule has 96 valence electrons. The Morgan fingerprint density at radius 2 is 1.76 bits per heavy atom. The predicted molar refractivity (Wildman–Crippen MR) is 59.4 cm³/mol. The fourth-order valence-corrected chi connectivity index (χ4v) is 1.46. The van der Waals surface area contributed by atoms with Gasteiger partial charge in [-0.15, -0.1) is 12.4 Å². The first-order valence-corrected chi connectivity index (χ1v) is 4.76. The highest BCUT2D eigenvalue weighted by Gasteiger charge is 2.30. The number of aliphatic carboxylic acids is 1. The summed E-state index contributed by atoms with van der Waals surface area (Å²) in [7, 11) is 0. The van der Waals surface area contributed by atoms with Crippen LogP contribution in [0.3, 0.4) is 0 Å². The highest BCUT2D eigenvalue weighted by atomic mass is 35.5. The summed E-state index contributed by atoms with van der Waals surface area (Å²) in [5, 5.41) is 8.83. The zero-order valence-electron chi connectivity index (χ0n) is 8.99. The number of hydrogen-bond acceptors (Lipinski definition) is 1. The average molecular weight is 269 g/mol. The van der Waals surface area contributed by atoms with Crippen molar-refractivity contribution in [1.82, 2.24) is 0 Å². The van der Waals surface area contributed by atoms with Crippen LogP contribution in [-0.2, 0) is 11.0 Å². The van der Waals surface area contributed by atoms with Crippen LogP contribution in [0.5, 0.6) is 0 Å². The van der Waals surface area contributed by atoms with Gasteiger partial charge in [0.2, 0.25) is 0 Å². The van der Waals surface area contributed by atoms with Crippen LogP contribution in [0.25, 0.3) is 0 Å². The molecular weight excluding hydrogens is 257 g/mol. The van der Waals surface area contributed by atoms with Gasteiger partial charge in [0, 0.05) is 0 Å². The summed E-state index contributed by atoms with van der Waals surface area (Å²) in [6, 6.07) is 4.23. The van der Waals surface area contributed by atoms with Crippen molar-refractivity contribution in [3.8, 4) is 0 Å². The van der Waals surface area contributed by atoms with Crippen LogP contribution in [0.1, 0.15) is 30.4 Å². The molecule has 0 radical (unpaired) electrons. The lowest BCUT2D eigenvalue weighted by Gasteiger charge is -2.11. The van der Waals surface area contributed by atoms with E-state index in [1.165, 1.54) is 12.1 Å². The molecule has 0 aliphatic heterocycles. The Morgan fingerprint density at radius 3 is 2.06 bits per heavy atom. The van der Waals surface area contributed by atoms with Crippen molar-refractivity contribution < 1.29 is 23.1 Å². The minimum Gasteiger partial charge on any atom is -0.481 e. The summed E-state index contributed by atoms with van der Waals surface area (Å²) in [5.74, 6) is -1.77. The topological polar surface area (TPSA) is 37.3 Å². The standard InChI is InChI=1S/C11H11F3O2.ClH/c1-2-9(10(15)16)7-3-5-8(6-4-7)11(12,13)14;/h3-6,9H,2H2,1H3,(H,15,16);1H. The van der Waals surface area contributed by atoms with Gasteiger partial charge in [0.15, 0.2) is 0 Å². The van der Waals surface area contributed by atoms with Crippen molar-refractivity contribution in [2.45, 2.75) is 25.4 Å². The number of benzene rings is 1. The molecule has 0 amide bonds. The van der Waals surface area contributed by atoms with Gasteiger partial charge in [-0.3, -0.25) is 4.79 Å². The van der Waals surface area contributed by atoms with Crippen molar-refractivity contribution in [2.24, 2.45) is 0 Å². The van der Waals surface area contributed by atoms with Crippen LogP contribution in [0.2, 0.25) is 0 Å². The van der Waals surface area contributed by atoms with E-state index in [-0.39, 0.29) is 12.4 Å². The van der Waals surface area contributed by atoms with Gasteiger partial charge in [-0.1, -0.05) is 19.1 Å². The quantitative estimate of drug-likeness (QED) is 0.907. The van der Waals surface area contributed by atoms with Gasteiger partial charge in [-0.05, 0) is 24.1 Å². The second-order valence-electron chi connectivity index (χ2n) is 3.42. The zero-order valence-corrected chi connectivity index (χ0v) is 9.81. The molecule has 0 aliphatic rings. The van der Waals surface area contributed by atoms with E-state index in [1.807, 2.05) is 0 Å². The van der Waals surface area contributed by atoms with E-state index in [9.17, 15) is 18.0 Å². The molecule has 1 aromatic rings. The Hall–Kier alpha value is -1.23. The average Bonchev–Trinajstić information content (AvgIpc) is 2.17. The van der Waals surface area contributed by atoms with Gasteiger partial charge >= 0.3 is 12.1 Å². The molecule has 0 saturated carbocycles. The van der Waals surface area contributed by atoms with Crippen LogP contribution in [0, 0.1) is 0 Å². The van der Waals surface area contributed by atoms with Crippen molar-refractivity contribution in [3.05, 3.63) is 35.4 Å². The normalized spacial score (nSPS) is 12.7. The Bertz CT molecular complexity index is 373. The Balaban J connectivity index is 0.00000256. The van der Waals surface area contributed by atoms with E-state index in [0.29, 0.717) is 12.0 Å². The van der Waals surface area contributed by atoms with E-state index in [0.717, 1.165) is 12.1 Å². The minimum atomic E-state index is -4.39. The van der Waals surface area contributed by atoms with E-state index in [1.54, 1.807) is 6.92 Å². The minimum absolute atomic E-state index is 0. The Labute approximate surface area is 103 Å². The molecule has 1 atom stereocenters. The van der Waals surface area contributed by atoms with Gasteiger partial charge in [0.1, 0.15) is 0 Å². The third kappa shape index (κ3) is 3.93. The second kappa shape index (κ2) is 5.91. The lowest BCUT2D eigenvalue weighted by atomic mass is 9.96. The van der Waals surface area contributed by atoms with E-state index >= 15 is 0 Å². The first kappa shape index (κ1) is 15.8. The van der Waals surface area contributed by atoms with Crippen LogP contribution in [0.15, 0.2) is 24.3 Å². The fraction of sp³-hybridized carbons (Fsp3) is 0.364. The molecule has 0 aliphatic carbocycles. The largest absolute Gasteiger partial charge is 0.481 e. The number of rotatable bonds is 3. The Kier molecular flexibility index (Phi) is 5.48. The molecule has 1 aromatic carbocycles. The van der Waals surface area contributed by atoms with Crippen LogP contribution in [0.4, 0.5) is 13.2 Å². The molecule has 0 heterocycles. The molecule has 0 spiro atoms. The monoisotopic (exact) mass is 268 g/mol. The maximum Gasteiger partial charge on any atom is 0.416 e. The maximum atomic E-state index is 12.2. The summed E-state index contributed by atoms with van der Waals surface area (Å²) in [5.41, 5.74) is -0.375. The van der Waals surface area contributed by atoms with Gasteiger partial charge in [0.25, 0.3) is 0 Å². The van der Waals surface area contributed by atoms with Crippen LogP contribution in [-0.4, -0.2) is 11.1 Å². The lowest BCUT2D eigenvalue weighted by molar-refractivity contribution is -0.139. The number of carbonyl (C=O) groups is 1. The first-order chi connectivity index (χ1) is 7.36. The summed E-state index contributed by atoms with van der Waals surface area (Å²) in [6.07, 6.45) is -4.04. The van der Waals surface area contributed by atoms with Crippen molar-refractivity contribution in [2.75, 3.05) is 0 Å². The summed E-state index contributed by atoms with van der Waals surface area (Å²) < 4.78 is 36.7. The number of alkyl halides is 3. The summed E-state index contributed by atoms with van der Waals surface area (Å²) in [4.78, 5) is 10.8. The number of halogens is 4. The number of carboxylic acids is 1. The van der Waals surface area contributed by atoms with Crippen LogP contribution >= 0.6 is 12.4 Å². The lowest BCUT2D eigenvalue weighted by Crippen LogP contribution is -2.11. The maximum absolute atomic E-state index is 12.2. The second-order valence-corrected chi connectivity index (χ2v) is 3.42. The van der Waals surface area contributed by atoms with E-state index in [4.69, 9.17) is 5.11 Å². The molecule has 1 unspecified atom stereocenters. The highest BCUT2D eigenvalue weighted by Crippen LogP contribution is 2.30. The molecule has 0 fully saturated rings. The van der Waals surface area contributed by atoms with Crippen LogP contribution < -0.4 is 0 Å². The van der Waals surface area contributed by atoms with E-state index < -0.39 is 23.6 Å². The van der Waals surface area contributed by atoms with Crippen molar-refractivity contribution in [1.29, 1.82) is 0 Å². The molecule has 17 heavy (non-hydrogen) atoms. The highest BCUT2D eigenvalue weighted by molar-refractivity contribution is 5.85. The van der Waals surface area contributed by atoms with Crippen molar-refractivity contribution in [3.63, 3.8) is 0 Å². The first-order valence-electron chi connectivity index (χ1n) is 4.76. The molecule has 0 saturated heterocycles. The van der Waals surface area contributed by atoms with Gasteiger partial charge in [0.05, 0.1) is 11.5 Å². The molecule has 1 rings (SSSR count). The van der Waals surface area contributed by atoms with Crippen molar-refractivity contribution >= 4 is 18.4 Å². The fourth-order valence-electron chi connectivity index (χ4n) is 1.46. The predicted octanol–water partition coefficient (Wildman–Crippen LogP) is 3.71. The third-order valence-electron chi connectivity index (χ3n) is 2.35. The van der Waals surface area contributed by atoms with E-state index in [2.05, 4.69) is 0 Å². The summed E-state index contributed by atoms with van der Waals surface area (Å²) in [6.45, 7) is 1.68. The molecule has 0 bridgehead atoms. The number of hydrogen-bond donors (Lipinski definition) is 1. The SMILES string of the molecule is CCC(C(=O)O)c1ccc(C(F)(F)F)cc1.Cl. The molecule has 6 heteroatoms. The molecule has 2 nitrogen and oxygen atoms in total. The molecule has 0 aromatic heterocycles. The smallest absolute Gasteiger partial charge is 0.416 e. The van der Waals surface area contributed by atoms with Gasteiger partial charge in [-0.25, -0.2) is 0 Å². The van der Waals surface area contributed by atoms with Gasteiger partial charge < -0.3 is 5.11 Å². The zero-order chi connectivity index (χ0) is 12.3.